The molecule has 4 rings (SSSR count). The van der Waals surface area contributed by atoms with E-state index in [2.05, 4.69) is 5.32 Å². The van der Waals surface area contributed by atoms with Gasteiger partial charge in [0, 0.05) is 17.3 Å². The van der Waals surface area contributed by atoms with E-state index >= 15 is 0 Å². The number of hydrogen-bond acceptors (Lipinski definition) is 3. The van der Waals surface area contributed by atoms with Gasteiger partial charge in [0.2, 0.25) is 15.9 Å². The normalized spacial score (nSPS) is 16.5. The predicted octanol–water partition coefficient (Wildman–Crippen LogP) is 4.54. The van der Waals surface area contributed by atoms with Crippen LogP contribution in [-0.4, -0.2) is 24.7 Å². The highest BCUT2D eigenvalue weighted by atomic mass is 35.5. The Bertz CT molecular complexity index is 1250. The van der Waals surface area contributed by atoms with Crippen LogP contribution in [0.3, 0.4) is 0 Å². The van der Waals surface area contributed by atoms with Gasteiger partial charge in [-0.3, -0.25) is 4.79 Å². The van der Waals surface area contributed by atoms with Gasteiger partial charge in [-0.2, -0.15) is 4.31 Å². The van der Waals surface area contributed by atoms with Crippen LogP contribution in [0.2, 0.25) is 5.02 Å². The Morgan fingerprint density at radius 3 is 2.42 bits per heavy atom. The number of halogens is 2. The molecule has 1 N–H and O–H groups in total. The molecule has 0 aliphatic carbocycles. The highest BCUT2D eigenvalue weighted by Crippen LogP contribution is 2.31. The van der Waals surface area contributed by atoms with Crippen molar-refractivity contribution in [1.29, 1.82) is 0 Å². The summed E-state index contributed by atoms with van der Waals surface area (Å²) in [6.07, 6.45) is 0.224. The molecular weight excluding hydrogens is 439 g/mol. The van der Waals surface area contributed by atoms with Gasteiger partial charge in [0.25, 0.3) is 0 Å². The standard InChI is InChI=1S/C23H20ClFN2O3S/c1-15-20(24)7-4-8-21(15)26-23(28)22-13-16-5-2-3-6-17(16)14-27(22)31(29,30)19-11-9-18(25)10-12-19/h2-12,22H,13-14H2,1H3,(H,26,28)/t22-/m1/s1. The first-order chi connectivity index (χ1) is 14.8. The van der Waals surface area contributed by atoms with E-state index < -0.39 is 27.8 Å². The number of nitrogens with zero attached hydrogens (tertiary/aromatic N) is 1. The van der Waals surface area contributed by atoms with Gasteiger partial charge >= 0.3 is 0 Å². The fourth-order valence-electron chi connectivity index (χ4n) is 3.68. The first-order valence-electron chi connectivity index (χ1n) is 9.67. The Morgan fingerprint density at radius 2 is 1.71 bits per heavy atom. The van der Waals surface area contributed by atoms with E-state index in [4.69, 9.17) is 11.6 Å². The fourth-order valence-corrected chi connectivity index (χ4v) is 5.42. The quantitative estimate of drug-likeness (QED) is 0.624. The van der Waals surface area contributed by atoms with Crippen LogP contribution < -0.4 is 5.32 Å². The van der Waals surface area contributed by atoms with Crippen molar-refractivity contribution >= 4 is 33.2 Å². The number of hydrogen-bond donors (Lipinski definition) is 1. The van der Waals surface area contributed by atoms with Crippen molar-refractivity contribution in [3.05, 3.63) is 94.3 Å². The molecule has 0 radical (unpaired) electrons. The Labute approximate surface area is 185 Å². The van der Waals surface area contributed by atoms with E-state index in [-0.39, 0.29) is 17.9 Å². The molecule has 0 fully saturated rings. The summed E-state index contributed by atoms with van der Waals surface area (Å²) in [7, 11) is -4.05. The van der Waals surface area contributed by atoms with E-state index in [1.54, 1.807) is 25.1 Å². The highest BCUT2D eigenvalue weighted by Gasteiger charge is 2.39. The summed E-state index contributed by atoms with van der Waals surface area (Å²) >= 11 is 6.16. The second kappa shape index (κ2) is 8.42. The van der Waals surface area contributed by atoms with Gasteiger partial charge in [-0.25, -0.2) is 12.8 Å². The largest absolute Gasteiger partial charge is 0.324 e. The molecule has 1 atom stereocenters. The van der Waals surface area contributed by atoms with Crippen molar-refractivity contribution < 1.29 is 17.6 Å². The average molecular weight is 459 g/mol. The third-order valence-corrected chi connectivity index (χ3v) is 7.73. The van der Waals surface area contributed by atoms with Gasteiger partial charge in [0.1, 0.15) is 11.9 Å². The Hall–Kier alpha value is -2.74. The summed E-state index contributed by atoms with van der Waals surface area (Å²) in [6, 6.07) is 16.2. The van der Waals surface area contributed by atoms with Crippen LogP contribution in [0.1, 0.15) is 16.7 Å². The SMILES string of the molecule is Cc1c(Cl)cccc1NC(=O)[C@H]1Cc2ccccc2CN1S(=O)(=O)c1ccc(F)cc1. The molecule has 1 aliphatic rings. The molecular formula is C23H20ClFN2O3S. The Balaban J connectivity index is 1.73. The maximum Gasteiger partial charge on any atom is 0.244 e. The van der Waals surface area contributed by atoms with E-state index in [0.29, 0.717) is 16.3 Å². The third kappa shape index (κ3) is 4.21. The smallest absolute Gasteiger partial charge is 0.244 e. The number of fused-ring (bicyclic) bond motifs is 1. The zero-order valence-electron chi connectivity index (χ0n) is 16.7. The zero-order valence-corrected chi connectivity index (χ0v) is 18.3. The van der Waals surface area contributed by atoms with E-state index in [0.717, 1.165) is 23.3 Å². The minimum absolute atomic E-state index is 0.0441. The maximum atomic E-state index is 13.4. The number of rotatable bonds is 4. The predicted molar refractivity (Wildman–Crippen MR) is 118 cm³/mol. The molecule has 3 aromatic rings. The number of anilines is 1. The molecule has 1 amide bonds. The second-order valence-electron chi connectivity index (χ2n) is 7.39. The lowest BCUT2D eigenvalue weighted by molar-refractivity contribution is -0.120. The minimum atomic E-state index is -4.05. The molecule has 0 spiro atoms. The van der Waals surface area contributed by atoms with Gasteiger partial charge in [-0.1, -0.05) is 41.9 Å². The van der Waals surface area contributed by atoms with Gasteiger partial charge < -0.3 is 5.32 Å². The molecule has 0 aromatic heterocycles. The summed E-state index contributed by atoms with van der Waals surface area (Å²) in [6.45, 7) is 1.82. The van der Waals surface area contributed by atoms with E-state index in [1.165, 1.54) is 16.4 Å². The van der Waals surface area contributed by atoms with Crippen LogP contribution in [0, 0.1) is 12.7 Å². The average Bonchev–Trinajstić information content (AvgIpc) is 2.76. The van der Waals surface area contributed by atoms with Gasteiger partial charge in [0.15, 0.2) is 0 Å². The lowest BCUT2D eigenvalue weighted by Crippen LogP contribution is -2.50. The molecule has 31 heavy (non-hydrogen) atoms. The maximum absolute atomic E-state index is 13.4. The minimum Gasteiger partial charge on any atom is -0.324 e. The number of benzene rings is 3. The topological polar surface area (TPSA) is 66.5 Å². The van der Waals surface area contributed by atoms with Crippen molar-refractivity contribution in [2.24, 2.45) is 0 Å². The van der Waals surface area contributed by atoms with E-state index in [9.17, 15) is 17.6 Å². The lowest BCUT2D eigenvalue weighted by atomic mass is 9.95. The van der Waals surface area contributed by atoms with Crippen molar-refractivity contribution in [3.8, 4) is 0 Å². The fraction of sp³-hybridized carbons (Fsp3) is 0.174. The summed E-state index contributed by atoms with van der Waals surface area (Å²) in [5.41, 5.74) is 2.96. The summed E-state index contributed by atoms with van der Waals surface area (Å²) < 4.78 is 41.3. The number of carbonyl (C=O) groups excluding carboxylic acids is 1. The molecule has 3 aromatic carbocycles. The summed E-state index contributed by atoms with van der Waals surface area (Å²) in [5, 5.41) is 3.33. The first-order valence-corrected chi connectivity index (χ1v) is 11.5. The van der Waals surface area contributed by atoms with E-state index in [1.807, 2.05) is 24.3 Å². The van der Waals surface area contributed by atoms with Crippen LogP contribution >= 0.6 is 11.6 Å². The Morgan fingerprint density at radius 1 is 1.03 bits per heavy atom. The number of carbonyl (C=O) groups is 1. The van der Waals surface area contributed by atoms with Crippen molar-refractivity contribution in [3.63, 3.8) is 0 Å². The van der Waals surface area contributed by atoms with Crippen LogP contribution in [0.5, 0.6) is 0 Å². The summed E-state index contributed by atoms with van der Waals surface area (Å²) in [4.78, 5) is 13.2. The summed E-state index contributed by atoms with van der Waals surface area (Å²) in [5.74, 6) is -0.987. The van der Waals surface area contributed by atoms with Crippen molar-refractivity contribution in [1.82, 2.24) is 4.31 Å². The molecule has 8 heteroatoms. The molecule has 1 aliphatic heterocycles. The number of amides is 1. The van der Waals surface area contributed by atoms with Crippen LogP contribution in [0.25, 0.3) is 0 Å². The Kier molecular flexibility index (Phi) is 5.83. The zero-order chi connectivity index (χ0) is 22.2. The molecule has 0 saturated heterocycles. The second-order valence-corrected chi connectivity index (χ2v) is 9.69. The van der Waals surface area contributed by atoms with Crippen LogP contribution in [-0.2, 0) is 27.8 Å². The molecule has 160 valence electrons. The van der Waals surface area contributed by atoms with Crippen LogP contribution in [0.15, 0.2) is 71.6 Å². The van der Waals surface area contributed by atoms with Crippen molar-refractivity contribution in [2.75, 3.05) is 5.32 Å². The molecule has 0 unspecified atom stereocenters. The first kappa shape index (κ1) is 21.5. The molecule has 0 saturated carbocycles. The van der Waals surface area contributed by atoms with Gasteiger partial charge in [-0.15, -0.1) is 0 Å². The molecule has 5 nitrogen and oxygen atoms in total. The third-order valence-electron chi connectivity index (χ3n) is 5.45. The number of sulfonamides is 1. The number of nitrogens with one attached hydrogen (secondary N) is 1. The molecule has 0 bridgehead atoms. The van der Waals surface area contributed by atoms with Crippen molar-refractivity contribution in [2.45, 2.75) is 30.8 Å². The van der Waals surface area contributed by atoms with Gasteiger partial charge in [0.05, 0.1) is 4.90 Å². The van der Waals surface area contributed by atoms with Gasteiger partial charge in [-0.05, 0) is 66.4 Å². The lowest BCUT2D eigenvalue weighted by Gasteiger charge is -2.35. The monoisotopic (exact) mass is 458 g/mol. The van der Waals surface area contributed by atoms with Crippen LogP contribution in [0.4, 0.5) is 10.1 Å². The molecule has 1 heterocycles. The highest BCUT2D eigenvalue weighted by molar-refractivity contribution is 7.89.